The van der Waals surface area contributed by atoms with Gasteiger partial charge in [-0.3, -0.25) is 4.79 Å². The minimum Gasteiger partial charge on any atom is -0.497 e. The van der Waals surface area contributed by atoms with E-state index in [1.807, 2.05) is 24.3 Å². The van der Waals surface area contributed by atoms with Crippen molar-refractivity contribution in [1.82, 2.24) is 0 Å². The minimum absolute atomic E-state index is 0.621. The summed E-state index contributed by atoms with van der Waals surface area (Å²) in [5.41, 5.74) is 0.428. The van der Waals surface area contributed by atoms with E-state index in [4.69, 9.17) is 9.84 Å². The Morgan fingerprint density at radius 2 is 2.12 bits per heavy atom. The molecule has 0 aliphatic carbocycles. The molecular formula is C13H18O3. The molecule has 0 atom stereocenters. The minimum atomic E-state index is -0.754. The van der Waals surface area contributed by atoms with Crippen LogP contribution in [0.25, 0.3) is 0 Å². The van der Waals surface area contributed by atoms with Crippen LogP contribution in [0.5, 0.6) is 5.75 Å². The van der Waals surface area contributed by atoms with Crippen molar-refractivity contribution >= 4 is 5.97 Å². The van der Waals surface area contributed by atoms with Gasteiger partial charge >= 0.3 is 5.97 Å². The normalized spacial score (nSPS) is 11.2. The summed E-state index contributed by atoms with van der Waals surface area (Å²) in [6.07, 6.45) is 1.37. The van der Waals surface area contributed by atoms with Crippen LogP contribution >= 0.6 is 0 Å². The Morgan fingerprint density at radius 1 is 1.44 bits per heavy atom. The van der Waals surface area contributed by atoms with Gasteiger partial charge in [0.1, 0.15) is 5.75 Å². The number of carboxylic acid groups (broad SMARTS) is 1. The number of ether oxygens (including phenoxy) is 1. The summed E-state index contributed by atoms with van der Waals surface area (Å²) < 4.78 is 5.12. The number of aliphatic carboxylic acids is 1. The maximum atomic E-state index is 10.9. The third kappa shape index (κ3) is 3.26. The fourth-order valence-electron chi connectivity index (χ4n) is 1.39. The van der Waals surface area contributed by atoms with Crippen LogP contribution in [0.1, 0.15) is 25.8 Å². The van der Waals surface area contributed by atoms with Crippen molar-refractivity contribution in [3.05, 3.63) is 29.8 Å². The fourth-order valence-corrected chi connectivity index (χ4v) is 1.39. The van der Waals surface area contributed by atoms with Gasteiger partial charge in [-0.1, -0.05) is 12.1 Å². The second-order valence-electron chi connectivity index (χ2n) is 4.54. The Hall–Kier alpha value is -1.51. The van der Waals surface area contributed by atoms with Crippen LogP contribution in [-0.4, -0.2) is 18.2 Å². The quantitative estimate of drug-likeness (QED) is 0.833. The predicted octanol–water partition coefficient (Wildman–Crippen LogP) is 2.74. The van der Waals surface area contributed by atoms with Crippen LogP contribution in [-0.2, 0) is 11.2 Å². The van der Waals surface area contributed by atoms with Crippen LogP contribution < -0.4 is 4.74 Å². The zero-order valence-electron chi connectivity index (χ0n) is 9.99. The Kier molecular flexibility index (Phi) is 3.93. The van der Waals surface area contributed by atoms with Gasteiger partial charge in [0.25, 0.3) is 0 Å². The SMILES string of the molecule is COc1cccc(CCC(C)(C)C(=O)O)c1. The lowest BCUT2D eigenvalue weighted by Gasteiger charge is -2.18. The van der Waals surface area contributed by atoms with E-state index >= 15 is 0 Å². The lowest BCUT2D eigenvalue weighted by atomic mass is 9.86. The van der Waals surface area contributed by atoms with E-state index in [-0.39, 0.29) is 0 Å². The molecule has 0 unspecified atom stereocenters. The average Bonchev–Trinajstić information content (AvgIpc) is 2.26. The highest BCUT2D eigenvalue weighted by molar-refractivity contribution is 5.73. The third-order valence-corrected chi connectivity index (χ3v) is 2.75. The second-order valence-corrected chi connectivity index (χ2v) is 4.54. The summed E-state index contributed by atoms with van der Waals surface area (Å²) in [6, 6.07) is 7.73. The predicted molar refractivity (Wildman–Crippen MR) is 62.7 cm³/mol. The third-order valence-electron chi connectivity index (χ3n) is 2.75. The monoisotopic (exact) mass is 222 g/mol. The number of methoxy groups -OCH3 is 1. The molecule has 3 nitrogen and oxygen atoms in total. The number of rotatable bonds is 5. The lowest BCUT2D eigenvalue weighted by molar-refractivity contribution is -0.147. The highest BCUT2D eigenvalue weighted by Gasteiger charge is 2.26. The molecule has 0 aliphatic rings. The summed E-state index contributed by atoms with van der Waals surface area (Å²) in [4.78, 5) is 10.9. The summed E-state index contributed by atoms with van der Waals surface area (Å²) in [5, 5.41) is 9.00. The smallest absolute Gasteiger partial charge is 0.309 e. The maximum absolute atomic E-state index is 10.9. The molecule has 0 radical (unpaired) electrons. The highest BCUT2D eigenvalue weighted by Crippen LogP contribution is 2.24. The zero-order chi connectivity index (χ0) is 12.2. The molecule has 1 aromatic carbocycles. The van der Waals surface area contributed by atoms with Crippen molar-refractivity contribution in [3.63, 3.8) is 0 Å². The largest absolute Gasteiger partial charge is 0.497 e. The first-order valence-corrected chi connectivity index (χ1v) is 5.32. The maximum Gasteiger partial charge on any atom is 0.309 e. The second kappa shape index (κ2) is 5.01. The molecule has 88 valence electrons. The molecule has 1 N–H and O–H groups in total. The molecular weight excluding hydrogens is 204 g/mol. The van der Waals surface area contributed by atoms with Crippen LogP contribution in [0.15, 0.2) is 24.3 Å². The molecule has 0 fully saturated rings. The van der Waals surface area contributed by atoms with Crippen LogP contribution in [0, 0.1) is 5.41 Å². The van der Waals surface area contributed by atoms with Gasteiger partial charge < -0.3 is 9.84 Å². The molecule has 1 rings (SSSR count). The molecule has 0 heterocycles. The van der Waals surface area contributed by atoms with Gasteiger partial charge in [0.15, 0.2) is 0 Å². The molecule has 0 spiro atoms. The van der Waals surface area contributed by atoms with Crippen LogP contribution in [0.2, 0.25) is 0 Å². The molecule has 0 aromatic heterocycles. The number of hydrogen-bond acceptors (Lipinski definition) is 2. The average molecular weight is 222 g/mol. The summed E-state index contributed by atoms with van der Waals surface area (Å²) in [7, 11) is 1.63. The van der Waals surface area contributed by atoms with E-state index < -0.39 is 11.4 Å². The number of benzene rings is 1. The van der Waals surface area contributed by atoms with E-state index in [2.05, 4.69) is 0 Å². The number of carboxylic acids is 1. The summed E-state index contributed by atoms with van der Waals surface area (Å²) in [5.74, 6) is 0.0565. The van der Waals surface area contributed by atoms with Crippen molar-refractivity contribution in [2.24, 2.45) is 5.41 Å². The number of hydrogen-bond donors (Lipinski definition) is 1. The first kappa shape index (κ1) is 12.6. The molecule has 0 saturated carbocycles. The highest BCUT2D eigenvalue weighted by atomic mass is 16.5. The van der Waals surface area contributed by atoms with Crippen molar-refractivity contribution in [2.45, 2.75) is 26.7 Å². The Bertz CT molecular complexity index is 369. The van der Waals surface area contributed by atoms with Gasteiger partial charge in [0, 0.05) is 0 Å². The zero-order valence-corrected chi connectivity index (χ0v) is 9.99. The van der Waals surface area contributed by atoms with E-state index in [0.29, 0.717) is 6.42 Å². The Morgan fingerprint density at radius 3 is 2.69 bits per heavy atom. The molecule has 16 heavy (non-hydrogen) atoms. The van der Waals surface area contributed by atoms with E-state index in [1.54, 1.807) is 21.0 Å². The molecule has 3 heteroatoms. The topological polar surface area (TPSA) is 46.5 Å². The first-order valence-electron chi connectivity index (χ1n) is 5.32. The van der Waals surface area contributed by atoms with Gasteiger partial charge in [-0.15, -0.1) is 0 Å². The van der Waals surface area contributed by atoms with E-state index in [1.165, 1.54) is 0 Å². The van der Waals surface area contributed by atoms with Gasteiger partial charge in [0.05, 0.1) is 12.5 Å². The first-order chi connectivity index (χ1) is 7.45. The van der Waals surface area contributed by atoms with Gasteiger partial charge in [0.2, 0.25) is 0 Å². The standard InChI is InChI=1S/C13H18O3/c1-13(2,12(14)15)8-7-10-5-4-6-11(9-10)16-3/h4-6,9H,7-8H2,1-3H3,(H,14,15). The number of carbonyl (C=O) groups is 1. The van der Waals surface area contributed by atoms with Gasteiger partial charge in [-0.25, -0.2) is 0 Å². The summed E-state index contributed by atoms with van der Waals surface area (Å²) >= 11 is 0. The summed E-state index contributed by atoms with van der Waals surface area (Å²) in [6.45, 7) is 3.49. The Balaban J connectivity index is 2.64. The number of aryl methyl sites for hydroxylation is 1. The van der Waals surface area contributed by atoms with Gasteiger partial charge in [-0.2, -0.15) is 0 Å². The van der Waals surface area contributed by atoms with E-state index in [0.717, 1.165) is 17.7 Å². The van der Waals surface area contributed by atoms with Crippen molar-refractivity contribution in [3.8, 4) is 5.75 Å². The lowest BCUT2D eigenvalue weighted by Crippen LogP contribution is -2.24. The molecule has 0 saturated heterocycles. The van der Waals surface area contributed by atoms with Crippen molar-refractivity contribution in [2.75, 3.05) is 7.11 Å². The molecule has 1 aromatic rings. The van der Waals surface area contributed by atoms with Crippen molar-refractivity contribution in [1.29, 1.82) is 0 Å². The van der Waals surface area contributed by atoms with Gasteiger partial charge in [-0.05, 0) is 44.4 Å². The fraction of sp³-hybridized carbons (Fsp3) is 0.462. The van der Waals surface area contributed by atoms with Crippen LogP contribution in [0.3, 0.4) is 0 Å². The van der Waals surface area contributed by atoms with Crippen molar-refractivity contribution < 1.29 is 14.6 Å². The molecule has 0 aliphatic heterocycles. The molecule has 0 amide bonds. The van der Waals surface area contributed by atoms with E-state index in [9.17, 15) is 4.79 Å². The van der Waals surface area contributed by atoms with Crippen LogP contribution in [0.4, 0.5) is 0 Å². The Labute approximate surface area is 96.1 Å². The molecule has 0 bridgehead atoms.